The molecule has 0 aromatic heterocycles. The lowest BCUT2D eigenvalue weighted by Crippen LogP contribution is -2.42. The quantitative estimate of drug-likeness (QED) is 0.857. The van der Waals surface area contributed by atoms with Crippen LogP contribution in [0.2, 0.25) is 0 Å². The van der Waals surface area contributed by atoms with Gasteiger partial charge in [0.15, 0.2) is 0 Å². The number of benzene rings is 2. The standard InChI is InChI=1S/C20H21FN2O3S/c21-15-5-9-17(10-6-15)27(25,26)23-12-11-14-3-1-2-4-18(14)19(23)13-20(24)22-16-7-8-16/h1-6,9-10,16,19H,7-8,11-13H2,(H,22,24)/t19-/m0/s1. The summed E-state index contributed by atoms with van der Waals surface area (Å²) >= 11 is 0. The molecule has 2 aliphatic rings. The summed E-state index contributed by atoms with van der Waals surface area (Å²) in [6, 6.07) is 12.1. The summed E-state index contributed by atoms with van der Waals surface area (Å²) < 4.78 is 41.0. The Labute approximate surface area is 158 Å². The topological polar surface area (TPSA) is 66.5 Å². The van der Waals surface area contributed by atoms with Crippen LogP contribution < -0.4 is 5.32 Å². The number of fused-ring (bicyclic) bond motifs is 1. The van der Waals surface area contributed by atoms with Crippen molar-refractivity contribution in [2.24, 2.45) is 0 Å². The molecule has 1 N–H and O–H groups in total. The predicted octanol–water partition coefficient (Wildman–Crippen LogP) is 2.78. The molecule has 142 valence electrons. The van der Waals surface area contributed by atoms with Crippen molar-refractivity contribution < 1.29 is 17.6 Å². The van der Waals surface area contributed by atoms with Crippen molar-refractivity contribution in [2.45, 2.75) is 42.7 Å². The number of sulfonamides is 1. The molecule has 1 aliphatic carbocycles. The number of halogens is 1. The molecule has 27 heavy (non-hydrogen) atoms. The normalized spacial score (nSPS) is 20.1. The lowest BCUT2D eigenvalue weighted by Gasteiger charge is -2.36. The molecular weight excluding hydrogens is 367 g/mol. The van der Waals surface area contributed by atoms with Crippen LogP contribution in [0.3, 0.4) is 0 Å². The number of hydrogen-bond acceptors (Lipinski definition) is 3. The SMILES string of the molecule is O=C(C[C@H]1c2ccccc2CCN1S(=O)(=O)c1ccc(F)cc1)NC1CC1. The molecule has 4 rings (SSSR count). The molecule has 0 bridgehead atoms. The van der Waals surface area contributed by atoms with Gasteiger partial charge in [-0.25, -0.2) is 12.8 Å². The minimum atomic E-state index is -3.84. The van der Waals surface area contributed by atoms with Crippen molar-refractivity contribution in [2.75, 3.05) is 6.54 Å². The lowest BCUT2D eigenvalue weighted by atomic mass is 9.92. The van der Waals surface area contributed by atoms with Gasteiger partial charge in [-0.3, -0.25) is 4.79 Å². The van der Waals surface area contributed by atoms with Gasteiger partial charge in [0.2, 0.25) is 15.9 Å². The monoisotopic (exact) mass is 388 g/mol. The van der Waals surface area contributed by atoms with Crippen LogP contribution in [-0.2, 0) is 21.2 Å². The van der Waals surface area contributed by atoms with Crippen molar-refractivity contribution >= 4 is 15.9 Å². The maximum Gasteiger partial charge on any atom is 0.243 e. The number of rotatable bonds is 5. The number of nitrogens with one attached hydrogen (secondary N) is 1. The van der Waals surface area contributed by atoms with Crippen LogP contribution in [0.1, 0.15) is 36.4 Å². The molecule has 0 unspecified atom stereocenters. The number of carbonyl (C=O) groups is 1. The zero-order valence-corrected chi connectivity index (χ0v) is 15.6. The molecular formula is C20H21FN2O3S. The smallest absolute Gasteiger partial charge is 0.243 e. The van der Waals surface area contributed by atoms with Crippen LogP contribution in [0.15, 0.2) is 53.4 Å². The Kier molecular flexibility index (Phi) is 4.74. The Bertz CT molecular complexity index is 955. The zero-order valence-electron chi connectivity index (χ0n) is 14.8. The second kappa shape index (κ2) is 7.05. The second-order valence-corrected chi connectivity index (χ2v) is 8.97. The van der Waals surface area contributed by atoms with Crippen LogP contribution in [0.25, 0.3) is 0 Å². The Balaban J connectivity index is 1.68. The second-order valence-electron chi connectivity index (χ2n) is 7.08. The summed E-state index contributed by atoms with van der Waals surface area (Å²) in [4.78, 5) is 12.5. The van der Waals surface area contributed by atoms with Gasteiger partial charge in [-0.1, -0.05) is 24.3 Å². The van der Waals surface area contributed by atoms with Crippen LogP contribution in [0.5, 0.6) is 0 Å². The fourth-order valence-corrected chi connectivity index (χ4v) is 5.17. The van der Waals surface area contributed by atoms with E-state index in [1.807, 2.05) is 24.3 Å². The molecule has 1 heterocycles. The van der Waals surface area contributed by atoms with E-state index in [1.165, 1.54) is 16.4 Å². The molecule has 7 heteroatoms. The molecule has 1 fully saturated rings. The minimum Gasteiger partial charge on any atom is -0.353 e. The zero-order chi connectivity index (χ0) is 19.0. The Morgan fingerprint density at radius 2 is 1.81 bits per heavy atom. The van der Waals surface area contributed by atoms with E-state index in [0.717, 1.165) is 36.1 Å². The summed E-state index contributed by atoms with van der Waals surface area (Å²) in [6.07, 6.45) is 2.61. The van der Waals surface area contributed by atoms with Crippen molar-refractivity contribution in [3.8, 4) is 0 Å². The van der Waals surface area contributed by atoms with E-state index < -0.39 is 21.9 Å². The van der Waals surface area contributed by atoms with Crippen molar-refractivity contribution in [1.29, 1.82) is 0 Å². The molecule has 2 aromatic carbocycles. The molecule has 5 nitrogen and oxygen atoms in total. The summed E-state index contributed by atoms with van der Waals surface area (Å²) in [7, 11) is -3.84. The first-order chi connectivity index (χ1) is 12.9. The minimum absolute atomic E-state index is 0.0379. The highest BCUT2D eigenvalue weighted by Crippen LogP contribution is 2.36. The molecule has 1 aliphatic heterocycles. The Morgan fingerprint density at radius 1 is 1.11 bits per heavy atom. The van der Waals surface area contributed by atoms with Crippen molar-refractivity contribution in [1.82, 2.24) is 9.62 Å². The van der Waals surface area contributed by atoms with E-state index in [2.05, 4.69) is 5.32 Å². The van der Waals surface area contributed by atoms with Crippen LogP contribution >= 0.6 is 0 Å². The molecule has 0 radical (unpaired) electrons. The number of carbonyl (C=O) groups excluding carboxylic acids is 1. The average Bonchev–Trinajstić information content (AvgIpc) is 3.46. The summed E-state index contributed by atoms with van der Waals surface area (Å²) in [5.74, 6) is -0.628. The summed E-state index contributed by atoms with van der Waals surface area (Å²) in [5.41, 5.74) is 1.92. The van der Waals surface area contributed by atoms with Crippen molar-refractivity contribution in [3.63, 3.8) is 0 Å². The first-order valence-electron chi connectivity index (χ1n) is 9.10. The highest BCUT2D eigenvalue weighted by Gasteiger charge is 2.38. The summed E-state index contributed by atoms with van der Waals surface area (Å²) in [5, 5.41) is 2.94. The molecule has 1 saturated carbocycles. The van der Waals surface area contributed by atoms with Gasteiger partial charge in [0.25, 0.3) is 0 Å². The van der Waals surface area contributed by atoms with Gasteiger partial charge in [-0.2, -0.15) is 4.31 Å². The Morgan fingerprint density at radius 3 is 2.52 bits per heavy atom. The third-order valence-electron chi connectivity index (χ3n) is 5.10. The molecule has 0 saturated heterocycles. The summed E-state index contributed by atoms with van der Waals surface area (Å²) in [6.45, 7) is 0.290. The van der Waals surface area contributed by atoms with Crippen LogP contribution in [-0.4, -0.2) is 31.2 Å². The van der Waals surface area contributed by atoms with Gasteiger partial charge in [0.1, 0.15) is 5.82 Å². The lowest BCUT2D eigenvalue weighted by molar-refractivity contribution is -0.122. The van der Waals surface area contributed by atoms with E-state index in [9.17, 15) is 17.6 Å². The highest BCUT2D eigenvalue weighted by molar-refractivity contribution is 7.89. The van der Waals surface area contributed by atoms with Crippen molar-refractivity contribution in [3.05, 3.63) is 65.5 Å². The van der Waals surface area contributed by atoms with Crippen LogP contribution in [0.4, 0.5) is 4.39 Å². The first kappa shape index (κ1) is 18.1. The number of hydrogen-bond donors (Lipinski definition) is 1. The molecule has 1 atom stereocenters. The van der Waals surface area contributed by atoms with E-state index in [0.29, 0.717) is 6.42 Å². The van der Waals surface area contributed by atoms with Gasteiger partial charge >= 0.3 is 0 Å². The fraction of sp³-hybridized carbons (Fsp3) is 0.350. The van der Waals surface area contributed by atoms with E-state index in [4.69, 9.17) is 0 Å². The van der Waals surface area contributed by atoms with Gasteiger partial charge in [0, 0.05) is 19.0 Å². The van der Waals surface area contributed by atoms with Gasteiger partial charge in [0.05, 0.1) is 10.9 Å². The Hall–Kier alpha value is -2.25. The van der Waals surface area contributed by atoms with E-state index in [1.54, 1.807) is 0 Å². The van der Waals surface area contributed by atoms with E-state index in [-0.39, 0.29) is 29.8 Å². The maximum atomic E-state index is 13.2. The van der Waals surface area contributed by atoms with E-state index >= 15 is 0 Å². The van der Waals surface area contributed by atoms with Gasteiger partial charge in [-0.05, 0) is 54.7 Å². The van der Waals surface area contributed by atoms with Gasteiger partial charge < -0.3 is 5.32 Å². The third kappa shape index (κ3) is 3.75. The third-order valence-corrected chi connectivity index (χ3v) is 7.03. The molecule has 2 aromatic rings. The first-order valence-corrected chi connectivity index (χ1v) is 10.5. The number of nitrogens with zero attached hydrogens (tertiary/aromatic N) is 1. The average molecular weight is 388 g/mol. The number of amides is 1. The maximum absolute atomic E-state index is 13.2. The largest absolute Gasteiger partial charge is 0.353 e. The van der Waals surface area contributed by atoms with Crippen LogP contribution in [0, 0.1) is 5.82 Å². The molecule has 0 spiro atoms. The van der Waals surface area contributed by atoms with Gasteiger partial charge in [-0.15, -0.1) is 0 Å². The molecule has 1 amide bonds. The predicted molar refractivity (Wildman–Crippen MR) is 99.0 cm³/mol. The fourth-order valence-electron chi connectivity index (χ4n) is 3.56. The highest BCUT2D eigenvalue weighted by atomic mass is 32.2.